The van der Waals surface area contributed by atoms with Crippen molar-refractivity contribution < 1.29 is 0 Å². The topological polar surface area (TPSA) is 38.7 Å². The van der Waals surface area contributed by atoms with Gasteiger partial charge >= 0.3 is 0 Å². The molecule has 0 fully saturated rings. The highest BCUT2D eigenvalue weighted by Crippen LogP contribution is 2.09. The van der Waals surface area contributed by atoms with Gasteiger partial charge in [0.1, 0.15) is 0 Å². The highest BCUT2D eigenvalue weighted by Gasteiger charge is 1.97. The van der Waals surface area contributed by atoms with Crippen molar-refractivity contribution >= 4 is 39.1 Å². The molecule has 0 radical (unpaired) electrons. The first-order valence-electron chi connectivity index (χ1n) is 1.91. The van der Waals surface area contributed by atoms with Gasteiger partial charge in [0.15, 0.2) is 0 Å². The molecule has 0 unspecified atom stereocenters. The highest BCUT2D eigenvalue weighted by molar-refractivity contribution is 9.10. The van der Waals surface area contributed by atoms with Crippen molar-refractivity contribution in [3.63, 3.8) is 0 Å². The molecule has 1 rings (SSSR count). The molecule has 0 N–H and O–H groups in total. The maximum Gasteiger partial charge on any atom is 0.227 e. The Balaban J connectivity index is 3.17. The molecule has 9 heavy (non-hydrogen) atoms. The van der Waals surface area contributed by atoms with E-state index >= 15 is 0 Å². The molecule has 0 amide bonds. The summed E-state index contributed by atoms with van der Waals surface area (Å²) in [5.74, 6) is 0. The first-order chi connectivity index (χ1) is 4.18. The molecule has 1 aromatic heterocycles. The molecule has 0 aliphatic carbocycles. The van der Waals surface area contributed by atoms with Crippen LogP contribution in [0.1, 0.15) is 0 Å². The second-order valence-corrected chi connectivity index (χ2v) is 2.53. The summed E-state index contributed by atoms with van der Waals surface area (Å²) in [6.45, 7) is 0. The lowest BCUT2D eigenvalue weighted by molar-refractivity contribution is 1.01. The van der Waals surface area contributed by atoms with E-state index in [0.717, 1.165) is 0 Å². The fraction of sp³-hybridized carbons (Fsp3) is 0. The van der Waals surface area contributed by atoms with Crippen LogP contribution < -0.4 is 0 Å². The molecule has 0 aliphatic heterocycles. The van der Waals surface area contributed by atoms with Crippen LogP contribution in [-0.2, 0) is 0 Å². The van der Waals surface area contributed by atoms with Crippen molar-refractivity contribution in [1.82, 2.24) is 15.0 Å². The number of hydrogen-bond acceptors (Lipinski definition) is 3. The maximum absolute atomic E-state index is 5.37. The molecule has 3 nitrogen and oxygen atoms in total. The third-order valence-electron chi connectivity index (χ3n) is 0.554. The van der Waals surface area contributed by atoms with Gasteiger partial charge in [0, 0.05) is 0 Å². The van der Waals surface area contributed by atoms with Gasteiger partial charge in [0.05, 0.1) is 0 Å². The van der Waals surface area contributed by atoms with Gasteiger partial charge in [-0.05, 0) is 39.1 Å². The minimum atomic E-state index is 0.0851. The summed E-state index contributed by atoms with van der Waals surface area (Å²) < 4.78 is 0.340. The monoisotopic (exact) mass is 227 g/mol. The molecular formula is C3BrCl2N3. The van der Waals surface area contributed by atoms with Crippen molar-refractivity contribution in [3.8, 4) is 0 Å². The second-order valence-electron chi connectivity index (χ2n) is 1.14. The van der Waals surface area contributed by atoms with E-state index in [9.17, 15) is 0 Å². The predicted octanol–water partition coefficient (Wildman–Crippen LogP) is 1.94. The Kier molecular flexibility index (Phi) is 2.21. The van der Waals surface area contributed by atoms with Gasteiger partial charge in [-0.3, -0.25) is 0 Å². The summed E-state index contributed by atoms with van der Waals surface area (Å²) >= 11 is 13.7. The summed E-state index contributed by atoms with van der Waals surface area (Å²) in [6.07, 6.45) is 0. The van der Waals surface area contributed by atoms with Crippen molar-refractivity contribution in [2.45, 2.75) is 0 Å². The third-order valence-corrected chi connectivity index (χ3v) is 1.25. The van der Waals surface area contributed by atoms with E-state index in [0.29, 0.717) is 4.73 Å². The van der Waals surface area contributed by atoms with Crippen LogP contribution in [0.2, 0.25) is 10.6 Å². The normalized spacial score (nSPS) is 9.67. The molecule has 0 bridgehead atoms. The van der Waals surface area contributed by atoms with Crippen molar-refractivity contribution in [2.24, 2.45) is 0 Å². The van der Waals surface area contributed by atoms with E-state index < -0.39 is 0 Å². The minimum Gasteiger partial charge on any atom is -0.191 e. The Morgan fingerprint density at radius 1 is 1.00 bits per heavy atom. The molecule has 0 spiro atoms. The van der Waals surface area contributed by atoms with Gasteiger partial charge in [-0.2, -0.15) is 15.0 Å². The van der Waals surface area contributed by atoms with Crippen LogP contribution in [0, 0.1) is 0 Å². The van der Waals surface area contributed by atoms with E-state index in [1.807, 2.05) is 0 Å². The lowest BCUT2D eigenvalue weighted by atomic mass is 11.1. The zero-order valence-electron chi connectivity index (χ0n) is 3.98. The number of rotatable bonds is 0. The molecular weight excluding hydrogens is 229 g/mol. The SMILES string of the molecule is Clc1nc(Cl)nc(Br)n1. The fourth-order valence-electron chi connectivity index (χ4n) is 0.303. The summed E-state index contributed by atoms with van der Waals surface area (Å²) in [6, 6.07) is 0. The van der Waals surface area contributed by atoms with Crippen molar-refractivity contribution in [1.29, 1.82) is 0 Å². The van der Waals surface area contributed by atoms with Crippen LogP contribution in [-0.4, -0.2) is 15.0 Å². The van der Waals surface area contributed by atoms with E-state index in [1.165, 1.54) is 0 Å². The molecule has 0 aromatic carbocycles. The maximum atomic E-state index is 5.37. The number of halogens is 3. The standard InChI is InChI=1S/C3BrCl2N3/c4-1-7-2(5)9-3(6)8-1. The first kappa shape index (κ1) is 7.18. The van der Waals surface area contributed by atoms with Crippen molar-refractivity contribution in [2.75, 3.05) is 0 Å². The lowest BCUT2D eigenvalue weighted by Gasteiger charge is -1.89. The van der Waals surface area contributed by atoms with Crippen LogP contribution in [0.15, 0.2) is 4.73 Å². The summed E-state index contributed by atoms with van der Waals surface area (Å²) in [5, 5.41) is 0.170. The van der Waals surface area contributed by atoms with Gasteiger partial charge in [-0.15, -0.1) is 0 Å². The molecule has 1 heterocycles. The Labute approximate surface area is 69.6 Å². The summed E-state index contributed by atoms with van der Waals surface area (Å²) in [7, 11) is 0. The molecule has 48 valence electrons. The van der Waals surface area contributed by atoms with E-state index in [1.54, 1.807) is 0 Å². The average molecular weight is 229 g/mol. The quantitative estimate of drug-likeness (QED) is 0.682. The highest BCUT2D eigenvalue weighted by atomic mass is 79.9. The Morgan fingerprint density at radius 2 is 1.44 bits per heavy atom. The van der Waals surface area contributed by atoms with E-state index in [4.69, 9.17) is 23.2 Å². The molecule has 0 saturated heterocycles. The average Bonchev–Trinajstić information content (AvgIpc) is 1.59. The van der Waals surface area contributed by atoms with E-state index in [-0.39, 0.29) is 10.6 Å². The van der Waals surface area contributed by atoms with Crippen LogP contribution in [0.25, 0.3) is 0 Å². The minimum absolute atomic E-state index is 0.0851. The van der Waals surface area contributed by atoms with Crippen LogP contribution in [0.3, 0.4) is 0 Å². The molecule has 6 heteroatoms. The number of nitrogens with zero attached hydrogens (tertiary/aromatic N) is 3. The second kappa shape index (κ2) is 2.77. The Bertz CT molecular complexity index is 178. The zero-order valence-corrected chi connectivity index (χ0v) is 7.07. The van der Waals surface area contributed by atoms with Gasteiger partial charge in [-0.25, -0.2) is 0 Å². The van der Waals surface area contributed by atoms with Crippen LogP contribution >= 0.6 is 39.1 Å². The van der Waals surface area contributed by atoms with Gasteiger partial charge in [-0.1, -0.05) is 0 Å². The third kappa shape index (κ3) is 2.04. The fourth-order valence-corrected chi connectivity index (χ4v) is 1.21. The molecule has 0 aliphatic rings. The van der Waals surface area contributed by atoms with Gasteiger partial charge in [0.25, 0.3) is 0 Å². The smallest absolute Gasteiger partial charge is 0.191 e. The van der Waals surface area contributed by atoms with E-state index in [2.05, 4.69) is 30.9 Å². The van der Waals surface area contributed by atoms with Gasteiger partial charge in [0.2, 0.25) is 15.3 Å². The lowest BCUT2D eigenvalue weighted by Crippen LogP contribution is -1.87. The van der Waals surface area contributed by atoms with Crippen molar-refractivity contribution in [3.05, 3.63) is 15.3 Å². The van der Waals surface area contributed by atoms with Crippen LogP contribution in [0.5, 0.6) is 0 Å². The molecule has 0 atom stereocenters. The largest absolute Gasteiger partial charge is 0.227 e. The number of hydrogen-bond donors (Lipinski definition) is 0. The summed E-state index contributed by atoms with van der Waals surface area (Å²) in [4.78, 5) is 10.7. The Hall–Kier alpha value is 0.0700. The van der Waals surface area contributed by atoms with Crippen LogP contribution in [0.4, 0.5) is 0 Å². The summed E-state index contributed by atoms with van der Waals surface area (Å²) in [5.41, 5.74) is 0. The van der Waals surface area contributed by atoms with Gasteiger partial charge < -0.3 is 0 Å². The Morgan fingerprint density at radius 3 is 1.78 bits per heavy atom. The predicted molar refractivity (Wildman–Crippen MR) is 37.5 cm³/mol. The first-order valence-corrected chi connectivity index (χ1v) is 3.46. The molecule has 1 aromatic rings. The zero-order chi connectivity index (χ0) is 6.85. The molecule has 0 saturated carbocycles. The number of aromatic nitrogens is 3.